The molecule has 0 aliphatic carbocycles. The van der Waals surface area contributed by atoms with E-state index in [9.17, 15) is 4.79 Å². The Morgan fingerprint density at radius 3 is 2.50 bits per heavy atom. The quantitative estimate of drug-likeness (QED) is 0.854. The van der Waals surface area contributed by atoms with E-state index in [-0.39, 0.29) is 0 Å². The van der Waals surface area contributed by atoms with Gasteiger partial charge in [-0.1, -0.05) is 24.3 Å². The summed E-state index contributed by atoms with van der Waals surface area (Å²) in [4.78, 5) is 12.3. The van der Waals surface area contributed by atoms with Crippen LogP contribution in [0.2, 0.25) is 0 Å². The van der Waals surface area contributed by atoms with Crippen molar-refractivity contribution in [3.8, 4) is 11.4 Å². The Kier molecular flexibility index (Phi) is 3.33. The number of carbonyl (C=O) groups is 1. The third-order valence-electron chi connectivity index (χ3n) is 2.44. The van der Waals surface area contributed by atoms with Crippen LogP contribution in [0.5, 0.6) is 0 Å². The number of rotatable bonds is 4. The van der Waals surface area contributed by atoms with E-state index < -0.39 is 12.1 Å². The van der Waals surface area contributed by atoms with Gasteiger partial charge in [0.05, 0.1) is 7.05 Å². The minimum absolute atomic E-state index is 0.494. The van der Waals surface area contributed by atoms with Crippen LogP contribution in [-0.4, -0.2) is 38.4 Å². The molecule has 7 heteroatoms. The molecule has 0 bridgehead atoms. The van der Waals surface area contributed by atoms with Gasteiger partial charge in [0.15, 0.2) is 6.10 Å². The van der Waals surface area contributed by atoms with Gasteiger partial charge in [0.25, 0.3) is 0 Å². The van der Waals surface area contributed by atoms with E-state index in [0.717, 1.165) is 5.56 Å². The molecule has 1 atom stereocenters. The number of aliphatic carboxylic acids is 1. The molecule has 0 amide bonds. The van der Waals surface area contributed by atoms with Crippen molar-refractivity contribution in [3.05, 3.63) is 29.8 Å². The molecule has 0 saturated carbocycles. The largest absolute Gasteiger partial charge is 0.479 e. The van der Waals surface area contributed by atoms with Crippen LogP contribution in [0.1, 0.15) is 11.7 Å². The molecule has 18 heavy (non-hydrogen) atoms. The lowest BCUT2D eigenvalue weighted by atomic mass is 10.1. The predicted molar refractivity (Wildman–Crippen MR) is 61.6 cm³/mol. The zero-order chi connectivity index (χ0) is 13.1. The van der Waals surface area contributed by atoms with Crippen molar-refractivity contribution in [1.82, 2.24) is 20.2 Å². The molecule has 0 aliphatic heterocycles. The molecule has 1 heterocycles. The van der Waals surface area contributed by atoms with Gasteiger partial charge in [-0.3, -0.25) is 0 Å². The lowest BCUT2D eigenvalue weighted by molar-refractivity contribution is -0.148. The molecular weight excluding hydrogens is 236 g/mol. The Labute approximate surface area is 103 Å². The highest BCUT2D eigenvalue weighted by atomic mass is 16.5. The molecule has 1 N–H and O–H groups in total. The van der Waals surface area contributed by atoms with Gasteiger partial charge in [-0.2, -0.15) is 4.80 Å². The second-order valence-corrected chi connectivity index (χ2v) is 3.68. The van der Waals surface area contributed by atoms with Gasteiger partial charge in [0, 0.05) is 12.7 Å². The third-order valence-corrected chi connectivity index (χ3v) is 2.44. The normalized spacial score (nSPS) is 12.3. The number of hydrogen-bond acceptors (Lipinski definition) is 5. The fourth-order valence-electron chi connectivity index (χ4n) is 1.59. The van der Waals surface area contributed by atoms with Crippen molar-refractivity contribution in [1.29, 1.82) is 0 Å². The summed E-state index contributed by atoms with van der Waals surface area (Å²) in [6, 6.07) is 6.82. The van der Waals surface area contributed by atoms with Crippen molar-refractivity contribution < 1.29 is 14.6 Å². The van der Waals surface area contributed by atoms with E-state index in [4.69, 9.17) is 9.84 Å². The molecule has 7 nitrogen and oxygen atoms in total. The first-order valence-corrected chi connectivity index (χ1v) is 5.21. The number of benzene rings is 1. The van der Waals surface area contributed by atoms with Gasteiger partial charge in [0.2, 0.25) is 5.82 Å². The van der Waals surface area contributed by atoms with Crippen molar-refractivity contribution in [2.24, 2.45) is 7.05 Å². The van der Waals surface area contributed by atoms with Crippen molar-refractivity contribution in [3.63, 3.8) is 0 Å². The second-order valence-electron chi connectivity index (χ2n) is 3.68. The summed E-state index contributed by atoms with van der Waals surface area (Å²) in [6.07, 6.45) is -0.964. The zero-order valence-electron chi connectivity index (χ0n) is 9.94. The van der Waals surface area contributed by atoms with E-state index in [2.05, 4.69) is 15.4 Å². The Hall–Kier alpha value is -2.28. The first-order chi connectivity index (χ1) is 8.61. The van der Waals surface area contributed by atoms with E-state index in [0.29, 0.717) is 11.4 Å². The third kappa shape index (κ3) is 2.35. The van der Waals surface area contributed by atoms with Crippen LogP contribution in [0.4, 0.5) is 0 Å². The molecule has 2 rings (SSSR count). The Morgan fingerprint density at radius 2 is 2.06 bits per heavy atom. The maximum absolute atomic E-state index is 10.9. The molecule has 2 aromatic rings. The van der Waals surface area contributed by atoms with Crippen LogP contribution in [0.3, 0.4) is 0 Å². The van der Waals surface area contributed by atoms with Crippen LogP contribution in [-0.2, 0) is 16.6 Å². The van der Waals surface area contributed by atoms with E-state index in [1.807, 2.05) is 0 Å². The van der Waals surface area contributed by atoms with Crippen LogP contribution >= 0.6 is 0 Å². The highest BCUT2D eigenvalue weighted by molar-refractivity contribution is 5.74. The Morgan fingerprint density at radius 1 is 1.39 bits per heavy atom. The monoisotopic (exact) mass is 248 g/mol. The highest BCUT2D eigenvalue weighted by Crippen LogP contribution is 2.20. The fraction of sp³-hybridized carbons (Fsp3) is 0.273. The maximum atomic E-state index is 10.9. The number of methoxy groups -OCH3 is 1. The molecule has 1 aromatic heterocycles. The first kappa shape index (κ1) is 12.2. The molecule has 1 unspecified atom stereocenters. The van der Waals surface area contributed by atoms with Crippen molar-refractivity contribution in [2.45, 2.75) is 6.10 Å². The minimum atomic E-state index is -1.03. The van der Waals surface area contributed by atoms with E-state index in [1.165, 1.54) is 11.9 Å². The number of ether oxygens (including phenoxy) is 1. The molecule has 0 spiro atoms. The van der Waals surface area contributed by atoms with Gasteiger partial charge in [-0.05, 0) is 10.8 Å². The number of carboxylic acid groups (broad SMARTS) is 1. The number of aryl methyl sites for hydroxylation is 1. The van der Waals surface area contributed by atoms with Gasteiger partial charge >= 0.3 is 5.97 Å². The average molecular weight is 248 g/mol. The number of nitrogens with zero attached hydrogens (tertiary/aromatic N) is 4. The number of tetrazole rings is 1. The summed E-state index contributed by atoms with van der Waals surface area (Å²) in [5.74, 6) is -0.531. The van der Waals surface area contributed by atoms with Crippen LogP contribution < -0.4 is 0 Å². The lowest BCUT2D eigenvalue weighted by Crippen LogP contribution is -2.13. The topological polar surface area (TPSA) is 90.1 Å². The predicted octanol–water partition coefficient (Wildman–Crippen LogP) is 0.649. The SMILES string of the molecule is COC(C(=O)O)c1ccc(-c2nnn(C)n2)cc1. The summed E-state index contributed by atoms with van der Waals surface area (Å²) in [6.45, 7) is 0. The molecule has 1 aromatic carbocycles. The highest BCUT2D eigenvalue weighted by Gasteiger charge is 2.18. The lowest BCUT2D eigenvalue weighted by Gasteiger charge is -2.10. The average Bonchev–Trinajstić information content (AvgIpc) is 2.77. The summed E-state index contributed by atoms with van der Waals surface area (Å²) in [5, 5.41) is 20.6. The number of aromatic nitrogens is 4. The zero-order valence-corrected chi connectivity index (χ0v) is 9.94. The molecule has 0 radical (unpaired) electrons. The summed E-state index contributed by atoms with van der Waals surface area (Å²) < 4.78 is 4.90. The molecule has 0 fully saturated rings. The summed E-state index contributed by atoms with van der Waals surface area (Å²) in [7, 11) is 3.03. The van der Waals surface area contributed by atoms with E-state index >= 15 is 0 Å². The Balaban J connectivity index is 2.27. The molecular formula is C11H12N4O3. The van der Waals surface area contributed by atoms with Gasteiger partial charge < -0.3 is 9.84 Å². The number of hydrogen-bond donors (Lipinski definition) is 1. The maximum Gasteiger partial charge on any atom is 0.337 e. The summed E-state index contributed by atoms with van der Waals surface area (Å²) in [5.41, 5.74) is 1.34. The second kappa shape index (κ2) is 4.92. The van der Waals surface area contributed by atoms with Gasteiger partial charge in [-0.25, -0.2) is 4.79 Å². The standard InChI is InChI=1S/C11H12N4O3/c1-15-13-10(12-14-15)8-5-3-7(4-6-8)9(18-2)11(16)17/h3-6,9H,1-2H3,(H,16,17). The fourth-order valence-corrected chi connectivity index (χ4v) is 1.59. The van der Waals surface area contributed by atoms with Crippen LogP contribution in [0.15, 0.2) is 24.3 Å². The van der Waals surface area contributed by atoms with E-state index in [1.54, 1.807) is 31.3 Å². The Bertz CT molecular complexity index is 550. The van der Waals surface area contributed by atoms with Crippen LogP contribution in [0, 0.1) is 0 Å². The van der Waals surface area contributed by atoms with Crippen molar-refractivity contribution >= 4 is 5.97 Å². The minimum Gasteiger partial charge on any atom is -0.479 e. The van der Waals surface area contributed by atoms with Crippen molar-refractivity contribution in [2.75, 3.05) is 7.11 Å². The molecule has 0 saturated heterocycles. The first-order valence-electron chi connectivity index (χ1n) is 5.21. The molecule has 94 valence electrons. The number of carboxylic acids is 1. The summed E-state index contributed by atoms with van der Waals surface area (Å²) >= 11 is 0. The smallest absolute Gasteiger partial charge is 0.337 e. The molecule has 0 aliphatic rings. The van der Waals surface area contributed by atoms with Gasteiger partial charge in [-0.15, -0.1) is 10.2 Å². The van der Waals surface area contributed by atoms with Crippen LogP contribution in [0.25, 0.3) is 11.4 Å². The van der Waals surface area contributed by atoms with Gasteiger partial charge in [0.1, 0.15) is 0 Å².